The molecule has 3 rings (SSSR count). The van der Waals surface area contributed by atoms with E-state index < -0.39 is 11.8 Å². The molecule has 0 saturated carbocycles. The van der Waals surface area contributed by atoms with E-state index in [0.717, 1.165) is 22.4 Å². The van der Waals surface area contributed by atoms with Crippen LogP contribution in [0.1, 0.15) is 29.2 Å². The number of nitrogens with one attached hydrogen (secondary N) is 3. The van der Waals surface area contributed by atoms with Gasteiger partial charge < -0.3 is 20.1 Å². The predicted molar refractivity (Wildman–Crippen MR) is 156 cm³/mol. The Kier molecular flexibility index (Phi) is 10.2. The first-order valence-electron chi connectivity index (χ1n) is 11.8. The minimum atomic E-state index is -0.899. The Balaban J connectivity index is 1.61. The summed E-state index contributed by atoms with van der Waals surface area (Å²) >= 11 is 2.06. The largest absolute Gasteiger partial charge is 0.493 e. The quantitative estimate of drug-likeness (QED) is 0.139. The third-order valence-corrected chi connectivity index (χ3v) is 6.38. The summed E-state index contributed by atoms with van der Waals surface area (Å²) in [5.74, 6) is -1.23. The Morgan fingerprint density at radius 2 is 1.68 bits per heavy atom. The van der Waals surface area contributed by atoms with Crippen molar-refractivity contribution in [2.45, 2.75) is 27.2 Å². The van der Waals surface area contributed by atoms with Gasteiger partial charge in [-0.2, -0.15) is 5.10 Å². The fourth-order valence-electron chi connectivity index (χ4n) is 3.63. The van der Waals surface area contributed by atoms with Gasteiger partial charge in [-0.25, -0.2) is 5.43 Å². The number of para-hydroxylation sites is 2. The minimum absolute atomic E-state index is 0.208. The van der Waals surface area contributed by atoms with Gasteiger partial charge in [-0.05, 0) is 83.3 Å². The second kappa shape index (κ2) is 13.6. The lowest BCUT2D eigenvalue weighted by Gasteiger charge is -2.15. The van der Waals surface area contributed by atoms with Gasteiger partial charge >= 0.3 is 11.8 Å². The number of halogens is 1. The zero-order valence-electron chi connectivity index (χ0n) is 21.6. The van der Waals surface area contributed by atoms with Gasteiger partial charge in [0.15, 0.2) is 18.1 Å². The Hall–Kier alpha value is -3.93. The molecule has 0 aliphatic rings. The maximum atomic E-state index is 12.5. The number of aryl methyl sites for hydroxylation is 3. The van der Waals surface area contributed by atoms with Crippen molar-refractivity contribution in [2.75, 3.05) is 24.4 Å². The Bertz CT molecular complexity index is 1350. The van der Waals surface area contributed by atoms with Crippen LogP contribution < -0.4 is 25.5 Å². The highest BCUT2D eigenvalue weighted by Crippen LogP contribution is 2.33. The number of hydrazone groups is 1. The normalized spacial score (nSPS) is 10.7. The van der Waals surface area contributed by atoms with E-state index in [4.69, 9.17) is 9.47 Å². The maximum Gasteiger partial charge on any atom is 0.329 e. The number of amides is 3. The summed E-state index contributed by atoms with van der Waals surface area (Å²) in [6.07, 6.45) is 2.10. The summed E-state index contributed by atoms with van der Waals surface area (Å²) in [6, 6.07) is 16.4. The second-order valence-electron chi connectivity index (χ2n) is 8.30. The summed E-state index contributed by atoms with van der Waals surface area (Å²) in [7, 11) is 1.48. The lowest BCUT2D eigenvalue weighted by molar-refractivity contribution is -0.136. The highest BCUT2D eigenvalue weighted by Gasteiger charge is 2.16. The number of hydrogen-bond acceptors (Lipinski definition) is 6. The molecule has 0 bridgehead atoms. The predicted octanol–water partition coefficient (Wildman–Crippen LogP) is 4.59. The first-order chi connectivity index (χ1) is 18.2. The van der Waals surface area contributed by atoms with Crippen molar-refractivity contribution in [3.05, 3.63) is 80.4 Å². The van der Waals surface area contributed by atoms with Crippen LogP contribution in [-0.2, 0) is 20.8 Å². The molecular formula is C28H29IN4O5. The molecule has 3 amide bonds. The molecule has 0 spiro atoms. The molecule has 3 aromatic rings. The van der Waals surface area contributed by atoms with E-state index in [1.54, 1.807) is 24.3 Å². The van der Waals surface area contributed by atoms with E-state index >= 15 is 0 Å². The van der Waals surface area contributed by atoms with E-state index in [9.17, 15) is 14.4 Å². The van der Waals surface area contributed by atoms with Crippen molar-refractivity contribution in [3.63, 3.8) is 0 Å². The van der Waals surface area contributed by atoms with Gasteiger partial charge in [0, 0.05) is 11.4 Å². The van der Waals surface area contributed by atoms with Crippen molar-refractivity contribution < 1.29 is 23.9 Å². The summed E-state index contributed by atoms with van der Waals surface area (Å²) in [4.78, 5) is 36.9. The summed E-state index contributed by atoms with van der Waals surface area (Å²) in [5.41, 5.74) is 7.01. The molecule has 198 valence electrons. The lowest BCUT2D eigenvalue weighted by Crippen LogP contribution is -2.32. The highest BCUT2D eigenvalue weighted by molar-refractivity contribution is 14.1. The smallest absolute Gasteiger partial charge is 0.329 e. The number of hydrogen-bond donors (Lipinski definition) is 3. The standard InChI is InChI=1S/C28H29IN4O5/c1-5-20-11-6-7-12-22(20)31-27(35)28(36)33-30-15-19-13-21(29)26(23(14-19)37-4)38-16-24(34)32-25-17(2)9-8-10-18(25)3/h6-15H,5,16H2,1-4H3,(H,31,35)(H,32,34)(H,33,36)/b30-15-. The Morgan fingerprint density at radius 3 is 2.37 bits per heavy atom. The number of rotatable bonds is 9. The van der Waals surface area contributed by atoms with Gasteiger partial charge in [-0.1, -0.05) is 43.3 Å². The molecule has 0 saturated heterocycles. The molecule has 10 heteroatoms. The van der Waals surface area contributed by atoms with Crippen LogP contribution in [0.5, 0.6) is 11.5 Å². The molecule has 0 atom stereocenters. The molecule has 0 aliphatic carbocycles. The van der Waals surface area contributed by atoms with E-state index in [1.807, 2.05) is 51.1 Å². The fourth-order valence-corrected chi connectivity index (χ4v) is 4.41. The number of carbonyl (C=O) groups is 3. The van der Waals surface area contributed by atoms with Crippen molar-refractivity contribution in [1.82, 2.24) is 5.43 Å². The summed E-state index contributed by atoms with van der Waals surface area (Å²) < 4.78 is 11.9. The van der Waals surface area contributed by atoms with E-state index in [2.05, 4.69) is 43.8 Å². The van der Waals surface area contributed by atoms with Gasteiger partial charge in [0.05, 0.1) is 16.9 Å². The third-order valence-electron chi connectivity index (χ3n) is 5.58. The SMILES string of the molecule is CCc1ccccc1NC(=O)C(=O)N/N=C\c1cc(I)c(OCC(=O)Nc2c(C)cccc2C)c(OC)c1. The Labute approximate surface area is 235 Å². The molecule has 0 aliphatic heterocycles. The van der Waals surface area contributed by atoms with Gasteiger partial charge in [0.25, 0.3) is 5.91 Å². The zero-order chi connectivity index (χ0) is 27.7. The van der Waals surface area contributed by atoms with E-state index in [1.165, 1.54) is 13.3 Å². The molecule has 0 radical (unpaired) electrons. The van der Waals surface area contributed by atoms with Crippen molar-refractivity contribution >= 4 is 57.9 Å². The van der Waals surface area contributed by atoms with E-state index in [-0.39, 0.29) is 12.5 Å². The molecule has 9 nitrogen and oxygen atoms in total. The average Bonchev–Trinajstić information content (AvgIpc) is 2.90. The monoisotopic (exact) mass is 628 g/mol. The van der Waals surface area contributed by atoms with Crippen LogP contribution in [0.25, 0.3) is 0 Å². The van der Waals surface area contributed by atoms with Gasteiger partial charge in [-0.15, -0.1) is 0 Å². The minimum Gasteiger partial charge on any atom is -0.493 e. The second-order valence-corrected chi connectivity index (χ2v) is 9.46. The molecular weight excluding hydrogens is 599 g/mol. The van der Waals surface area contributed by atoms with Gasteiger partial charge in [0.1, 0.15) is 0 Å². The van der Waals surface area contributed by atoms with E-state index in [0.29, 0.717) is 32.7 Å². The first-order valence-corrected chi connectivity index (χ1v) is 12.9. The van der Waals surface area contributed by atoms with Crippen LogP contribution in [0.3, 0.4) is 0 Å². The Morgan fingerprint density at radius 1 is 0.974 bits per heavy atom. The molecule has 0 aromatic heterocycles. The number of methoxy groups -OCH3 is 1. The fraction of sp³-hybridized carbons (Fsp3) is 0.214. The molecule has 3 N–H and O–H groups in total. The highest BCUT2D eigenvalue weighted by atomic mass is 127. The zero-order valence-corrected chi connectivity index (χ0v) is 23.7. The molecule has 38 heavy (non-hydrogen) atoms. The van der Waals surface area contributed by atoms with Gasteiger partial charge in [0.2, 0.25) is 0 Å². The van der Waals surface area contributed by atoms with Crippen molar-refractivity contribution in [3.8, 4) is 11.5 Å². The average molecular weight is 628 g/mol. The van der Waals surface area contributed by atoms with Gasteiger partial charge in [-0.3, -0.25) is 14.4 Å². The molecule has 0 unspecified atom stereocenters. The maximum absolute atomic E-state index is 12.5. The first kappa shape index (κ1) is 28.6. The van der Waals surface area contributed by atoms with Crippen LogP contribution >= 0.6 is 22.6 Å². The van der Waals surface area contributed by atoms with Crippen LogP contribution in [-0.4, -0.2) is 37.7 Å². The lowest BCUT2D eigenvalue weighted by atomic mass is 10.1. The van der Waals surface area contributed by atoms with Crippen molar-refractivity contribution in [1.29, 1.82) is 0 Å². The number of ether oxygens (including phenoxy) is 2. The van der Waals surface area contributed by atoms with Crippen LogP contribution in [0.2, 0.25) is 0 Å². The van der Waals surface area contributed by atoms with Crippen molar-refractivity contribution in [2.24, 2.45) is 5.10 Å². The number of anilines is 2. The number of carbonyl (C=O) groups excluding carboxylic acids is 3. The van der Waals surface area contributed by atoms with Crippen LogP contribution in [0.15, 0.2) is 59.7 Å². The molecule has 3 aromatic carbocycles. The van der Waals surface area contributed by atoms with Crippen LogP contribution in [0.4, 0.5) is 11.4 Å². The number of nitrogens with zero attached hydrogens (tertiary/aromatic N) is 1. The molecule has 0 heterocycles. The topological polar surface area (TPSA) is 118 Å². The number of benzene rings is 3. The molecule has 0 fully saturated rings. The summed E-state index contributed by atoms with van der Waals surface area (Å²) in [5, 5.41) is 9.36. The van der Waals surface area contributed by atoms with Crippen LogP contribution in [0, 0.1) is 17.4 Å². The summed E-state index contributed by atoms with van der Waals surface area (Å²) in [6.45, 7) is 5.61. The third kappa shape index (κ3) is 7.54.